The van der Waals surface area contributed by atoms with Crippen LogP contribution in [-0.2, 0) is 0 Å². The standard InChI is InChI=1S/C12H20N2O/c1-3-15-12-5-4-10(8-9(12)2)11(14)6-7-13/h4-5,8,11H,3,6-7,13-14H2,1-2H3. The molecule has 1 atom stereocenters. The average Bonchev–Trinajstić information content (AvgIpc) is 2.21. The summed E-state index contributed by atoms with van der Waals surface area (Å²) in [5.74, 6) is 0.932. The van der Waals surface area contributed by atoms with Crippen LogP contribution in [0.3, 0.4) is 0 Å². The minimum atomic E-state index is 0.0318. The lowest BCUT2D eigenvalue weighted by Gasteiger charge is -2.13. The third-order valence-electron chi connectivity index (χ3n) is 2.40. The summed E-state index contributed by atoms with van der Waals surface area (Å²) in [5.41, 5.74) is 13.7. The molecule has 0 amide bonds. The van der Waals surface area contributed by atoms with Crippen LogP contribution in [0, 0.1) is 6.92 Å². The summed E-state index contributed by atoms with van der Waals surface area (Å²) in [6, 6.07) is 6.10. The zero-order valence-electron chi connectivity index (χ0n) is 9.49. The molecule has 0 aromatic heterocycles. The molecule has 4 N–H and O–H groups in total. The molecule has 0 saturated heterocycles. The SMILES string of the molecule is CCOc1ccc(C(N)CCN)cc1C. The van der Waals surface area contributed by atoms with Crippen molar-refractivity contribution in [2.24, 2.45) is 11.5 Å². The second kappa shape index (κ2) is 5.73. The highest BCUT2D eigenvalue weighted by atomic mass is 16.5. The van der Waals surface area contributed by atoms with Gasteiger partial charge in [0.2, 0.25) is 0 Å². The van der Waals surface area contributed by atoms with Crippen LogP contribution in [-0.4, -0.2) is 13.2 Å². The van der Waals surface area contributed by atoms with Gasteiger partial charge in [0.25, 0.3) is 0 Å². The van der Waals surface area contributed by atoms with Crippen molar-refractivity contribution in [2.75, 3.05) is 13.2 Å². The summed E-state index contributed by atoms with van der Waals surface area (Å²) < 4.78 is 5.47. The third kappa shape index (κ3) is 3.22. The van der Waals surface area contributed by atoms with E-state index in [4.69, 9.17) is 16.2 Å². The van der Waals surface area contributed by atoms with Gasteiger partial charge in [-0.2, -0.15) is 0 Å². The molecule has 0 heterocycles. The van der Waals surface area contributed by atoms with Gasteiger partial charge in [0.1, 0.15) is 5.75 Å². The van der Waals surface area contributed by atoms with Gasteiger partial charge in [-0.1, -0.05) is 12.1 Å². The second-order valence-corrected chi connectivity index (χ2v) is 3.64. The lowest BCUT2D eigenvalue weighted by Crippen LogP contribution is -2.15. The Kier molecular flexibility index (Phi) is 4.59. The fourth-order valence-corrected chi connectivity index (χ4v) is 1.57. The zero-order valence-corrected chi connectivity index (χ0v) is 9.49. The van der Waals surface area contributed by atoms with Crippen LogP contribution in [0.5, 0.6) is 5.75 Å². The number of hydrogen-bond donors (Lipinski definition) is 2. The van der Waals surface area contributed by atoms with E-state index in [9.17, 15) is 0 Å². The van der Waals surface area contributed by atoms with Gasteiger partial charge in [-0.05, 0) is 44.0 Å². The number of aryl methyl sites for hydroxylation is 1. The van der Waals surface area contributed by atoms with E-state index >= 15 is 0 Å². The van der Waals surface area contributed by atoms with Crippen molar-refractivity contribution in [3.63, 3.8) is 0 Å². The maximum Gasteiger partial charge on any atom is 0.122 e. The Morgan fingerprint density at radius 1 is 1.40 bits per heavy atom. The van der Waals surface area contributed by atoms with Gasteiger partial charge in [-0.3, -0.25) is 0 Å². The van der Waals surface area contributed by atoms with Crippen molar-refractivity contribution >= 4 is 0 Å². The van der Waals surface area contributed by atoms with E-state index < -0.39 is 0 Å². The summed E-state index contributed by atoms with van der Waals surface area (Å²) in [7, 11) is 0. The minimum Gasteiger partial charge on any atom is -0.494 e. The first-order chi connectivity index (χ1) is 7.19. The van der Waals surface area contributed by atoms with E-state index in [0.717, 1.165) is 23.3 Å². The number of ether oxygens (including phenoxy) is 1. The molecule has 0 bridgehead atoms. The largest absolute Gasteiger partial charge is 0.494 e. The van der Waals surface area contributed by atoms with Crippen LogP contribution in [0.1, 0.15) is 30.5 Å². The molecule has 3 nitrogen and oxygen atoms in total. The Morgan fingerprint density at radius 2 is 2.13 bits per heavy atom. The molecular formula is C12H20N2O. The Morgan fingerprint density at radius 3 is 2.67 bits per heavy atom. The molecule has 0 spiro atoms. The van der Waals surface area contributed by atoms with Crippen LogP contribution in [0.2, 0.25) is 0 Å². The van der Waals surface area contributed by atoms with E-state index in [1.165, 1.54) is 0 Å². The highest BCUT2D eigenvalue weighted by molar-refractivity contribution is 5.37. The van der Waals surface area contributed by atoms with E-state index in [0.29, 0.717) is 13.2 Å². The Balaban J connectivity index is 2.81. The predicted molar refractivity (Wildman–Crippen MR) is 62.9 cm³/mol. The Hall–Kier alpha value is -1.06. The van der Waals surface area contributed by atoms with Gasteiger partial charge in [0.05, 0.1) is 6.61 Å². The van der Waals surface area contributed by atoms with Crippen molar-refractivity contribution in [1.29, 1.82) is 0 Å². The molecule has 0 aliphatic heterocycles. The lowest BCUT2D eigenvalue weighted by molar-refractivity contribution is 0.337. The molecule has 0 aliphatic carbocycles. The van der Waals surface area contributed by atoms with Gasteiger partial charge in [0, 0.05) is 6.04 Å². The van der Waals surface area contributed by atoms with Gasteiger partial charge >= 0.3 is 0 Å². The molecule has 1 aromatic carbocycles. The van der Waals surface area contributed by atoms with E-state index in [-0.39, 0.29) is 6.04 Å². The monoisotopic (exact) mass is 208 g/mol. The van der Waals surface area contributed by atoms with Crippen LogP contribution >= 0.6 is 0 Å². The zero-order chi connectivity index (χ0) is 11.3. The third-order valence-corrected chi connectivity index (χ3v) is 2.40. The first-order valence-corrected chi connectivity index (χ1v) is 5.38. The fraction of sp³-hybridized carbons (Fsp3) is 0.500. The quantitative estimate of drug-likeness (QED) is 0.774. The van der Waals surface area contributed by atoms with Gasteiger partial charge in [0.15, 0.2) is 0 Å². The smallest absolute Gasteiger partial charge is 0.122 e. The average molecular weight is 208 g/mol. The lowest BCUT2D eigenvalue weighted by atomic mass is 10.0. The highest BCUT2D eigenvalue weighted by Crippen LogP contribution is 2.22. The van der Waals surface area contributed by atoms with Crippen LogP contribution in [0.15, 0.2) is 18.2 Å². The van der Waals surface area contributed by atoms with Crippen molar-refractivity contribution in [3.05, 3.63) is 29.3 Å². The highest BCUT2D eigenvalue weighted by Gasteiger charge is 2.07. The predicted octanol–water partition coefficient (Wildman–Crippen LogP) is 1.74. The summed E-state index contributed by atoms with van der Waals surface area (Å²) in [4.78, 5) is 0. The molecule has 0 fully saturated rings. The summed E-state index contributed by atoms with van der Waals surface area (Å²) in [5, 5.41) is 0. The van der Waals surface area contributed by atoms with Crippen LogP contribution < -0.4 is 16.2 Å². The summed E-state index contributed by atoms with van der Waals surface area (Å²) in [6.07, 6.45) is 0.813. The van der Waals surface area contributed by atoms with Crippen molar-refractivity contribution < 1.29 is 4.74 Å². The number of rotatable bonds is 5. The number of hydrogen-bond acceptors (Lipinski definition) is 3. The van der Waals surface area contributed by atoms with Crippen molar-refractivity contribution in [1.82, 2.24) is 0 Å². The molecule has 84 valence electrons. The number of nitrogens with two attached hydrogens (primary N) is 2. The minimum absolute atomic E-state index is 0.0318. The van der Waals surface area contributed by atoms with Gasteiger partial charge < -0.3 is 16.2 Å². The van der Waals surface area contributed by atoms with Crippen molar-refractivity contribution in [2.45, 2.75) is 26.3 Å². The number of benzene rings is 1. The van der Waals surface area contributed by atoms with E-state index in [2.05, 4.69) is 6.07 Å². The fourth-order valence-electron chi connectivity index (χ4n) is 1.57. The molecule has 0 aliphatic rings. The summed E-state index contributed by atoms with van der Waals surface area (Å²) in [6.45, 7) is 5.32. The van der Waals surface area contributed by atoms with Gasteiger partial charge in [-0.15, -0.1) is 0 Å². The van der Waals surface area contributed by atoms with Crippen LogP contribution in [0.4, 0.5) is 0 Å². The summed E-state index contributed by atoms with van der Waals surface area (Å²) >= 11 is 0. The molecular weight excluding hydrogens is 188 g/mol. The second-order valence-electron chi connectivity index (χ2n) is 3.64. The van der Waals surface area contributed by atoms with Gasteiger partial charge in [-0.25, -0.2) is 0 Å². The van der Waals surface area contributed by atoms with E-state index in [1.807, 2.05) is 26.0 Å². The molecule has 1 rings (SSSR count). The maximum atomic E-state index is 5.98. The molecule has 0 radical (unpaired) electrons. The topological polar surface area (TPSA) is 61.3 Å². The first-order valence-electron chi connectivity index (χ1n) is 5.38. The molecule has 0 saturated carbocycles. The maximum absolute atomic E-state index is 5.98. The molecule has 1 unspecified atom stereocenters. The molecule has 1 aromatic rings. The van der Waals surface area contributed by atoms with E-state index in [1.54, 1.807) is 0 Å². The molecule has 15 heavy (non-hydrogen) atoms. The molecule has 3 heteroatoms. The van der Waals surface area contributed by atoms with Crippen LogP contribution in [0.25, 0.3) is 0 Å². The Labute approximate surface area is 91.4 Å². The Bertz CT molecular complexity index is 312. The normalized spacial score (nSPS) is 12.5. The van der Waals surface area contributed by atoms with Crippen molar-refractivity contribution in [3.8, 4) is 5.75 Å². The first kappa shape index (κ1) is 12.0.